The van der Waals surface area contributed by atoms with E-state index < -0.39 is 0 Å². The molecule has 2 aliphatic heterocycles. The second-order valence-electron chi connectivity index (χ2n) is 2.73. The summed E-state index contributed by atoms with van der Waals surface area (Å²) in [4.78, 5) is 4.32. The van der Waals surface area contributed by atoms with Crippen LogP contribution in [0.2, 0.25) is 0 Å². The topological polar surface area (TPSA) is 27.6 Å². The predicted molar refractivity (Wildman–Crippen MR) is 65.9 cm³/mol. The molecular formula is C7H10BrN4S2+. The van der Waals surface area contributed by atoms with Gasteiger partial charge in [0.1, 0.15) is 5.03 Å². The van der Waals surface area contributed by atoms with Crippen molar-refractivity contribution in [2.24, 2.45) is 4.99 Å². The Bertz CT molecular complexity index is 341. The molecule has 0 radical (unpaired) electrons. The molecule has 0 aliphatic carbocycles. The van der Waals surface area contributed by atoms with Crippen molar-refractivity contribution in [3.63, 3.8) is 0 Å². The smallest absolute Gasteiger partial charge is 0.206 e. The predicted octanol–water partition coefficient (Wildman–Crippen LogP) is 2.21. The summed E-state index contributed by atoms with van der Waals surface area (Å²) in [6.07, 6.45) is 9.96. The number of thioether (sulfide) groups is 1. The third kappa shape index (κ3) is 1.74. The van der Waals surface area contributed by atoms with Crippen LogP contribution in [0.25, 0.3) is 0 Å². The zero-order chi connectivity index (χ0) is 10.2. The fourth-order valence-corrected chi connectivity index (χ4v) is 2.54. The summed E-state index contributed by atoms with van der Waals surface area (Å²) in [7, 11) is 0. The second-order valence-corrected chi connectivity index (χ2v) is 5.43. The molecule has 0 aromatic carbocycles. The van der Waals surface area contributed by atoms with Crippen LogP contribution in [-0.2, 0) is 0 Å². The number of halogens is 1. The first-order valence-electron chi connectivity index (χ1n) is 3.91. The summed E-state index contributed by atoms with van der Waals surface area (Å²) in [5.74, 6) is 0. The Balaban J connectivity index is 2.30. The van der Waals surface area contributed by atoms with Crippen LogP contribution >= 0.6 is 39.9 Å². The minimum absolute atomic E-state index is 0.359. The summed E-state index contributed by atoms with van der Waals surface area (Å²) >= 11 is 6.81. The van der Waals surface area contributed by atoms with Crippen LogP contribution in [0.5, 0.6) is 0 Å². The van der Waals surface area contributed by atoms with Gasteiger partial charge in [-0.3, -0.25) is 0 Å². The number of nitrogens with one attached hydrogen (secondary N) is 1. The molecule has 2 heterocycles. The maximum absolute atomic E-state index is 4.32. The van der Waals surface area contributed by atoms with E-state index in [0.717, 1.165) is 10.7 Å². The van der Waals surface area contributed by atoms with E-state index in [1.165, 1.54) is 0 Å². The molecule has 1 atom stereocenters. The average Bonchev–Trinajstić information content (AvgIpc) is 2.53. The Labute approximate surface area is 100 Å². The van der Waals surface area contributed by atoms with Crippen molar-refractivity contribution in [3.8, 4) is 0 Å². The molecule has 0 bridgehead atoms. The third-order valence-electron chi connectivity index (χ3n) is 1.89. The number of fused-ring (bicyclic) bond motifs is 1. The standard InChI is InChI=1S/C7H10BrN4S2/c1-13-7-3-6-4-11(14-2)10-12(6,8)5-9-7/h3-5,10H,1-2H3/q+1. The zero-order valence-corrected chi connectivity index (χ0v) is 11.0. The summed E-state index contributed by atoms with van der Waals surface area (Å²) in [5, 5.41) is 1.02. The van der Waals surface area contributed by atoms with E-state index in [4.69, 9.17) is 0 Å². The summed E-state index contributed by atoms with van der Waals surface area (Å²) in [6.45, 7) is 0. The van der Waals surface area contributed by atoms with Gasteiger partial charge in [-0.2, -0.15) is 4.99 Å². The lowest BCUT2D eigenvalue weighted by Crippen LogP contribution is -2.47. The number of hydrogen-bond acceptors (Lipinski definition) is 5. The minimum Gasteiger partial charge on any atom is -0.206 e. The molecule has 4 nitrogen and oxygen atoms in total. The van der Waals surface area contributed by atoms with E-state index in [1.807, 2.05) is 29.5 Å². The lowest BCUT2D eigenvalue weighted by atomic mass is 10.4. The molecule has 1 unspecified atom stereocenters. The van der Waals surface area contributed by atoms with Gasteiger partial charge in [0.25, 0.3) is 16.1 Å². The van der Waals surface area contributed by atoms with E-state index in [9.17, 15) is 0 Å². The molecular weight excluding hydrogens is 284 g/mol. The van der Waals surface area contributed by atoms with Crippen molar-refractivity contribution in [3.05, 3.63) is 23.0 Å². The summed E-state index contributed by atoms with van der Waals surface area (Å²) in [6, 6.07) is 0. The van der Waals surface area contributed by atoms with Gasteiger partial charge in [0.15, 0.2) is 5.70 Å². The minimum atomic E-state index is 0.359. The van der Waals surface area contributed by atoms with Crippen molar-refractivity contribution in [2.75, 3.05) is 12.5 Å². The molecule has 1 N–H and O–H groups in total. The van der Waals surface area contributed by atoms with Crippen LogP contribution in [0.1, 0.15) is 0 Å². The third-order valence-corrected chi connectivity index (χ3v) is 3.86. The first-order chi connectivity index (χ1) is 6.68. The molecule has 76 valence electrons. The summed E-state index contributed by atoms with van der Waals surface area (Å²) < 4.78 is 2.30. The van der Waals surface area contributed by atoms with Gasteiger partial charge in [-0.1, -0.05) is 3.62 Å². The molecule has 0 saturated heterocycles. The number of hydrogen-bond donors (Lipinski definition) is 1. The highest BCUT2D eigenvalue weighted by Crippen LogP contribution is 2.34. The largest absolute Gasteiger partial charge is 0.266 e. The molecule has 0 spiro atoms. The van der Waals surface area contributed by atoms with Gasteiger partial charge in [-0.15, -0.1) is 11.8 Å². The Kier molecular flexibility index (Phi) is 2.94. The normalized spacial score (nSPS) is 30.1. The fourth-order valence-electron chi connectivity index (χ4n) is 1.16. The maximum atomic E-state index is 4.32. The van der Waals surface area contributed by atoms with Crippen molar-refractivity contribution < 1.29 is 3.62 Å². The molecule has 0 amide bonds. The first-order valence-corrected chi connectivity index (χ1v) is 7.02. The molecule has 0 fully saturated rings. The van der Waals surface area contributed by atoms with E-state index >= 15 is 0 Å². The Hall–Kier alpha value is 0.0500. The monoisotopic (exact) mass is 293 g/mol. The molecule has 14 heavy (non-hydrogen) atoms. The molecule has 0 aromatic rings. The second kappa shape index (κ2) is 3.90. The lowest BCUT2D eigenvalue weighted by molar-refractivity contribution is -0.687. The number of rotatable bonds is 2. The van der Waals surface area contributed by atoms with Gasteiger partial charge in [0.2, 0.25) is 6.34 Å². The highest BCUT2D eigenvalue weighted by atomic mass is 79.9. The van der Waals surface area contributed by atoms with Gasteiger partial charge in [-0.25, -0.2) is 4.41 Å². The number of aliphatic imine (C=N–C) groups is 1. The van der Waals surface area contributed by atoms with Crippen LogP contribution < -0.4 is 5.53 Å². The number of quaternary nitrogens is 1. The lowest BCUT2D eigenvalue weighted by Gasteiger charge is -2.23. The Morgan fingerprint density at radius 2 is 2.36 bits per heavy atom. The van der Waals surface area contributed by atoms with Gasteiger partial charge >= 0.3 is 0 Å². The zero-order valence-electron chi connectivity index (χ0n) is 7.77. The van der Waals surface area contributed by atoms with Crippen LogP contribution in [0.15, 0.2) is 28.0 Å². The number of hydrazine groups is 1. The number of nitrogens with zero attached hydrogens (tertiary/aromatic N) is 3. The van der Waals surface area contributed by atoms with Gasteiger partial charge in [0, 0.05) is 12.3 Å². The van der Waals surface area contributed by atoms with Gasteiger partial charge < -0.3 is 0 Å². The number of allylic oxidation sites excluding steroid dienone is 1. The first kappa shape index (κ1) is 10.6. The molecule has 0 saturated carbocycles. The van der Waals surface area contributed by atoms with Crippen LogP contribution in [0.4, 0.5) is 0 Å². The van der Waals surface area contributed by atoms with Crippen molar-refractivity contribution in [1.29, 1.82) is 0 Å². The van der Waals surface area contributed by atoms with Crippen molar-refractivity contribution in [1.82, 2.24) is 9.95 Å². The van der Waals surface area contributed by atoms with E-state index in [2.05, 4.69) is 32.8 Å². The molecule has 2 rings (SSSR count). The molecule has 7 heteroatoms. The van der Waals surface area contributed by atoms with E-state index in [0.29, 0.717) is 3.62 Å². The fraction of sp³-hybridized carbons (Fsp3) is 0.286. The quantitative estimate of drug-likeness (QED) is 0.624. The Morgan fingerprint density at radius 1 is 1.57 bits per heavy atom. The SMILES string of the molecule is CSC1=CC2=CN(SC)N[N+]2(Br)C=N1. The van der Waals surface area contributed by atoms with Crippen LogP contribution in [0, 0.1) is 0 Å². The Morgan fingerprint density at radius 3 is 3.00 bits per heavy atom. The highest BCUT2D eigenvalue weighted by Gasteiger charge is 2.39. The van der Waals surface area contributed by atoms with Gasteiger partial charge in [0.05, 0.1) is 6.20 Å². The van der Waals surface area contributed by atoms with Crippen LogP contribution in [0.3, 0.4) is 0 Å². The maximum Gasteiger partial charge on any atom is 0.266 e. The average molecular weight is 294 g/mol. The molecule has 2 aliphatic rings. The summed E-state index contributed by atoms with van der Waals surface area (Å²) in [5.41, 5.74) is 4.34. The van der Waals surface area contributed by atoms with Gasteiger partial charge in [-0.05, 0) is 23.7 Å². The van der Waals surface area contributed by atoms with E-state index in [-0.39, 0.29) is 0 Å². The van der Waals surface area contributed by atoms with Crippen molar-refractivity contribution >= 4 is 46.2 Å². The van der Waals surface area contributed by atoms with E-state index in [1.54, 1.807) is 23.7 Å². The van der Waals surface area contributed by atoms with Crippen molar-refractivity contribution in [2.45, 2.75) is 0 Å². The highest BCUT2D eigenvalue weighted by molar-refractivity contribution is 9.05. The van der Waals surface area contributed by atoms with Crippen LogP contribution in [-0.4, -0.2) is 26.9 Å². The molecule has 0 aromatic heterocycles.